The predicted molar refractivity (Wildman–Crippen MR) is 220 cm³/mol. The molecule has 0 radical (unpaired) electrons. The molecule has 0 bridgehead atoms. The van der Waals surface area contributed by atoms with Crippen LogP contribution in [0.2, 0.25) is 0 Å². The zero-order valence-corrected chi connectivity index (χ0v) is 29.4. The van der Waals surface area contributed by atoms with Crippen molar-refractivity contribution < 1.29 is 0 Å². The molecule has 0 saturated heterocycles. The van der Waals surface area contributed by atoms with Gasteiger partial charge in [-0.25, -0.2) is 0 Å². The highest BCUT2D eigenvalue weighted by Crippen LogP contribution is 2.50. The monoisotopic (exact) mass is 669 g/mol. The molecular formula is C49H35NS. The van der Waals surface area contributed by atoms with Crippen molar-refractivity contribution in [2.45, 2.75) is 19.3 Å². The van der Waals surface area contributed by atoms with Gasteiger partial charge < -0.3 is 4.90 Å². The first kappa shape index (κ1) is 29.9. The summed E-state index contributed by atoms with van der Waals surface area (Å²) < 4.78 is 2.64. The number of para-hydroxylation sites is 1. The second kappa shape index (κ2) is 11.6. The maximum atomic E-state index is 2.44. The highest BCUT2D eigenvalue weighted by molar-refractivity contribution is 7.25. The zero-order chi connectivity index (χ0) is 34.1. The predicted octanol–water partition coefficient (Wildman–Crippen LogP) is 14.3. The molecule has 0 saturated carbocycles. The number of rotatable bonds is 5. The molecule has 0 amide bonds. The van der Waals surface area contributed by atoms with E-state index in [9.17, 15) is 0 Å². The van der Waals surface area contributed by atoms with Gasteiger partial charge in [-0.3, -0.25) is 0 Å². The Balaban J connectivity index is 1.11. The standard InChI is InChI=1S/C49H35NS/c1-49(2)43-18-8-5-16-39(43)40-28-24-34(30-44(40)49)32-22-26-36(27-23-32)50(46-20-11-13-33-12-3-4-14-37(33)46)45-19-9-6-15-38(45)35-25-29-42-41-17-7-10-21-47(41)51-48(42)31-35/h3-31H,1-2H3. The van der Waals surface area contributed by atoms with Crippen molar-refractivity contribution >= 4 is 59.3 Å². The smallest absolute Gasteiger partial charge is 0.0540 e. The van der Waals surface area contributed by atoms with E-state index < -0.39 is 0 Å². The number of benzene rings is 8. The second-order valence-electron chi connectivity index (χ2n) is 14.1. The fraction of sp³-hybridized carbons (Fsp3) is 0.0612. The summed E-state index contributed by atoms with van der Waals surface area (Å²) in [5, 5.41) is 5.09. The van der Waals surface area contributed by atoms with E-state index in [1.807, 2.05) is 11.3 Å². The van der Waals surface area contributed by atoms with Gasteiger partial charge in [0.05, 0.1) is 11.4 Å². The number of thiophene rings is 1. The Morgan fingerprint density at radius 3 is 1.92 bits per heavy atom. The Kier molecular flexibility index (Phi) is 6.78. The van der Waals surface area contributed by atoms with Crippen LogP contribution in [0, 0.1) is 0 Å². The lowest BCUT2D eigenvalue weighted by atomic mass is 9.81. The lowest BCUT2D eigenvalue weighted by molar-refractivity contribution is 0.660. The molecule has 0 atom stereocenters. The molecule has 0 N–H and O–H groups in total. The first-order valence-corrected chi connectivity index (χ1v) is 18.5. The van der Waals surface area contributed by atoms with Gasteiger partial charge in [-0.2, -0.15) is 0 Å². The quantitative estimate of drug-likeness (QED) is 0.176. The molecule has 10 rings (SSSR count). The molecule has 0 unspecified atom stereocenters. The minimum atomic E-state index is -0.0321. The van der Waals surface area contributed by atoms with Crippen LogP contribution in [0.5, 0.6) is 0 Å². The summed E-state index contributed by atoms with van der Waals surface area (Å²) in [6.45, 7) is 4.70. The van der Waals surface area contributed by atoms with Crippen LogP contribution in [0.3, 0.4) is 0 Å². The molecule has 1 nitrogen and oxygen atoms in total. The summed E-state index contributed by atoms with van der Waals surface area (Å²) in [6.07, 6.45) is 0. The summed E-state index contributed by atoms with van der Waals surface area (Å²) in [5.74, 6) is 0. The van der Waals surface area contributed by atoms with Gasteiger partial charge in [0.15, 0.2) is 0 Å². The lowest BCUT2D eigenvalue weighted by Crippen LogP contribution is -2.14. The van der Waals surface area contributed by atoms with Gasteiger partial charge in [-0.1, -0.05) is 147 Å². The average molecular weight is 670 g/mol. The highest BCUT2D eigenvalue weighted by atomic mass is 32.1. The van der Waals surface area contributed by atoms with Crippen molar-refractivity contribution in [2.75, 3.05) is 4.90 Å². The molecule has 1 heterocycles. The van der Waals surface area contributed by atoms with Crippen molar-refractivity contribution in [1.29, 1.82) is 0 Å². The van der Waals surface area contributed by atoms with E-state index in [-0.39, 0.29) is 5.41 Å². The van der Waals surface area contributed by atoms with E-state index in [4.69, 9.17) is 0 Å². The molecule has 8 aromatic carbocycles. The third-order valence-electron chi connectivity index (χ3n) is 10.9. The van der Waals surface area contributed by atoms with E-state index in [0.717, 1.165) is 17.1 Å². The van der Waals surface area contributed by atoms with E-state index in [1.165, 1.54) is 75.5 Å². The van der Waals surface area contributed by atoms with Crippen LogP contribution in [-0.4, -0.2) is 0 Å². The maximum Gasteiger partial charge on any atom is 0.0540 e. The Morgan fingerprint density at radius 1 is 0.412 bits per heavy atom. The van der Waals surface area contributed by atoms with E-state index in [2.05, 4.69) is 195 Å². The van der Waals surface area contributed by atoms with Crippen molar-refractivity contribution in [3.8, 4) is 33.4 Å². The van der Waals surface area contributed by atoms with Crippen LogP contribution < -0.4 is 4.90 Å². The zero-order valence-electron chi connectivity index (χ0n) is 28.6. The largest absolute Gasteiger partial charge is 0.309 e. The van der Waals surface area contributed by atoms with Crippen LogP contribution in [0.25, 0.3) is 64.3 Å². The Hall–Kier alpha value is -5.96. The van der Waals surface area contributed by atoms with E-state index >= 15 is 0 Å². The van der Waals surface area contributed by atoms with Gasteiger partial charge in [0.25, 0.3) is 0 Å². The number of fused-ring (bicyclic) bond motifs is 7. The van der Waals surface area contributed by atoms with Gasteiger partial charge in [-0.05, 0) is 86.8 Å². The van der Waals surface area contributed by atoms with Gasteiger partial charge in [0, 0.05) is 42.2 Å². The van der Waals surface area contributed by atoms with Gasteiger partial charge in [0.1, 0.15) is 0 Å². The Bertz CT molecular complexity index is 2780. The highest BCUT2D eigenvalue weighted by Gasteiger charge is 2.35. The van der Waals surface area contributed by atoms with Gasteiger partial charge in [0.2, 0.25) is 0 Å². The van der Waals surface area contributed by atoms with Crippen LogP contribution in [0.4, 0.5) is 17.1 Å². The molecule has 2 heteroatoms. The summed E-state index contributed by atoms with van der Waals surface area (Å²) in [4.78, 5) is 2.44. The summed E-state index contributed by atoms with van der Waals surface area (Å²) in [7, 11) is 0. The van der Waals surface area contributed by atoms with Crippen LogP contribution >= 0.6 is 11.3 Å². The fourth-order valence-electron chi connectivity index (χ4n) is 8.30. The molecular weight excluding hydrogens is 635 g/mol. The second-order valence-corrected chi connectivity index (χ2v) is 15.2. The molecule has 242 valence electrons. The van der Waals surface area contributed by atoms with Crippen LogP contribution in [-0.2, 0) is 5.41 Å². The minimum Gasteiger partial charge on any atom is -0.309 e. The molecule has 51 heavy (non-hydrogen) atoms. The maximum absolute atomic E-state index is 2.44. The summed E-state index contributed by atoms with van der Waals surface area (Å²) in [6, 6.07) is 64.9. The first-order valence-electron chi connectivity index (χ1n) is 17.7. The SMILES string of the molecule is CC1(C)c2ccccc2-c2ccc(-c3ccc(N(c4ccccc4-c4ccc5c(c4)sc4ccccc45)c4cccc5ccccc45)cc3)cc21. The van der Waals surface area contributed by atoms with Crippen LogP contribution in [0.15, 0.2) is 176 Å². The van der Waals surface area contributed by atoms with Crippen molar-refractivity contribution in [3.63, 3.8) is 0 Å². The van der Waals surface area contributed by atoms with Gasteiger partial charge >= 0.3 is 0 Å². The average Bonchev–Trinajstić information content (AvgIpc) is 3.67. The van der Waals surface area contributed by atoms with E-state index in [1.54, 1.807) is 0 Å². The molecule has 0 aliphatic heterocycles. The first-order chi connectivity index (χ1) is 25.0. The molecule has 1 aliphatic carbocycles. The number of anilines is 3. The lowest BCUT2D eigenvalue weighted by Gasteiger charge is -2.29. The van der Waals surface area contributed by atoms with E-state index in [0.29, 0.717) is 0 Å². The summed E-state index contributed by atoms with van der Waals surface area (Å²) >= 11 is 1.87. The molecule has 0 spiro atoms. The number of nitrogens with zero attached hydrogens (tertiary/aromatic N) is 1. The van der Waals surface area contributed by atoms with Crippen molar-refractivity contribution in [1.82, 2.24) is 0 Å². The minimum absolute atomic E-state index is 0.0321. The number of hydrogen-bond donors (Lipinski definition) is 0. The topological polar surface area (TPSA) is 3.24 Å². The Labute approximate surface area is 302 Å². The molecule has 1 aliphatic rings. The van der Waals surface area contributed by atoms with Crippen molar-refractivity contribution in [2.24, 2.45) is 0 Å². The molecule has 9 aromatic rings. The third-order valence-corrected chi connectivity index (χ3v) is 12.0. The molecule has 1 aromatic heterocycles. The Morgan fingerprint density at radius 2 is 1.04 bits per heavy atom. The van der Waals surface area contributed by atoms with Gasteiger partial charge in [-0.15, -0.1) is 11.3 Å². The summed E-state index contributed by atoms with van der Waals surface area (Å²) in [5.41, 5.74) is 13.8. The number of hydrogen-bond acceptors (Lipinski definition) is 2. The normalized spacial score (nSPS) is 13.1. The van der Waals surface area contributed by atoms with Crippen molar-refractivity contribution in [3.05, 3.63) is 187 Å². The molecule has 0 fully saturated rings. The fourth-order valence-corrected chi connectivity index (χ4v) is 9.45. The van der Waals surface area contributed by atoms with Crippen LogP contribution in [0.1, 0.15) is 25.0 Å². The third kappa shape index (κ3) is 4.75.